The number of rotatable bonds is 7. The van der Waals surface area contributed by atoms with Crippen molar-refractivity contribution in [3.05, 3.63) is 59.2 Å². The molecule has 4 nitrogen and oxygen atoms in total. The van der Waals surface area contributed by atoms with Gasteiger partial charge >= 0.3 is 0 Å². The first kappa shape index (κ1) is 15.4. The standard InChI is InChI=1S/C17H21NO3/c1-20-16-7-6-13(10-15(16)11-18)12-21-17-5-3-2-4-14(17)8-9-19/h2-7,10,19H,8-9,11-12,18H2,1H3. The zero-order chi connectivity index (χ0) is 15.1. The molecule has 3 N–H and O–H groups in total. The van der Waals surface area contributed by atoms with Gasteiger partial charge in [-0.15, -0.1) is 0 Å². The van der Waals surface area contributed by atoms with Crippen molar-refractivity contribution in [3.63, 3.8) is 0 Å². The van der Waals surface area contributed by atoms with Gasteiger partial charge in [-0.25, -0.2) is 0 Å². The van der Waals surface area contributed by atoms with Crippen molar-refractivity contribution in [1.82, 2.24) is 0 Å². The maximum Gasteiger partial charge on any atom is 0.123 e. The Morgan fingerprint density at radius 3 is 2.57 bits per heavy atom. The molecule has 4 heteroatoms. The van der Waals surface area contributed by atoms with Crippen molar-refractivity contribution in [2.24, 2.45) is 5.73 Å². The van der Waals surface area contributed by atoms with Gasteiger partial charge in [0.05, 0.1) is 7.11 Å². The number of para-hydroxylation sites is 1. The Kier molecular flexibility index (Phi) is 5.60. The summed E-state index contributed by atoms with van der Waals surface area (Å²) in [7, 11) is 1.63. The van der Waals surface area contributed by atoms with Crippen molar-refractivity contribution in [2.75, 3.05) is 13.7 Å². The van der Waals surface area contributed by atoms with E-state index in [0.717, 1.165) is 28.2 Å². The Morgan fingerprint density at radius 2 is 1.86 bits per heavy atom. The van der Waals surface area contributed by atoms with Crippen molar-refractivity contribution in [3.8, 4) is 11.5 Å². The molecule has 0 aliphatic carbocycles. The summed E-state index contributed by atoms with van der Waals surface area (Å²) >= 11 is 0. The van der Waals surface area contributed by atoms with Crippen LogP contribution < -0.4 is 15.2 Å². The molecule has 0 aliphatic heterocycles. The van der Waals surface area contributed by atoms with E-state index in [4.69, 9.17) is 20.3 Å². The summed E-state index contributed by atoms with van der Waals surface area (Å²) in [5.41, 5.74) is 8.72. The minimum absolute atomic E-state index is 0.111. The number of ether oxygens (including phenoxy) is 2. The van der Waals surface area contributed by atoms with Crippen molar-refractivity contribution < 1.29 is 14.6 Å². The third-order valence-electron chi connectivity index (χ3n) is 3.31. The lowest BCUT2D eigenvalue weighted by atomic mass is 10.1. The first-order chi connectivity index (χ1) is 10.3. The molecule has 0 bridgehead atoms. The highest BCUT2D eigenvalue weighted by molar-refractivity contribution is 5.38. The molecule has 2 aromatic carbocycles. The molecule has 2 rings (SSSR count). The highest BCUT2D eigenvalue weighted by Gasteiger charge is 2.06. The summed E-state index contributed by atoms with van der Waals surface area (Å²) in [5.74, 6) is 1.60. The van der Waals surface area contributed by atoms with Gasteiger partial charge < -0.3 is 20.3 Å². The van der Waals surface area contributed by atoms with Crippen LogP contribution in [0.25, 0.3) is 0 Å². The van der Waals surface area contributed by atoms with Crippen LogP contribution in [-0.2, 0) is 19.6 Å². The number of benzene rings is 2. The van der Waals surface area contributed by atoms with Crippen LogP contribution in [0.15, 0.2) is 42.5 Å². The summed E-state index contributed by atoms with van der Waals surface area (Å²) in [6, 6.07) is 13.6. The molecular weight excluding hydrogens is 266 g/mol. The number of aliphatic hydroxyl groups excluding tert-OH is 1. The topological polar surface area (TPSA) is 64.7 Å². The van der Waals surface area contributed by atoms with E-state index in [1.807, 2.05) is 42.5 Å². The quantitative estimate of drug-likeness (QED) is 0.820. The predicted molar refractivity (Wildman–Crippen MR) is 82.4 cm³/mol. The average Bonchev–Trinajstić information content (AvgIpc) is 2.54. The molecule has 0 aromatic heterocycles. The van der Waals surface area contributed by atoms with E-state index in [2.05, 4.69) is 0 Å². The summed E-state index contributed by atoms with van der Waals surface area (Å²) in [6.45, 7) is 0.998. The molecule has 0 unspecified atom stereocenters. The zero-order valence-electron chi connectivity index (χ0n) is 12.2. The van der Waals surface area contributed by atoms with Crippen molar-refractivity contribution in [2.45, 2.75) is 19.6 Å². The van der Waals surface area contributed by atoms with E-state index in [0.29, 0.717) is 19.6 Å². The second-order valence-electron chi connectivity index (χ2n) is 4.72. The van der Waals surface area contributed by atoms with Crippen LogP contribution >= 0.6 is 0 Å². The Morgan fingerprint density at radius 1 is 1.05 bits per heavy atom. The number of hydrogen-bond donors (Lipinski definition) is 2. The number of methoxy groups -OCH3 is 1. The second-order valence-corrected chi connectivity index (χ2v) is 4.72. The van der Waals surface area contributed by atoms with Gasteiger partial charge in [-0.2, -0.15) is 0 Å². The summed E-state index contributed by atoms with van der Waals surface area (Å²) in [6.07, 6.45) is 0.590. The highest BCUT2D eigenvalue weighted by Crippen LogP contribution is 2.22. The smallest absolute Gasteiger partial charge is 0.123 e. The maximum atomic E-state index is 9.07. The molecule has 0 saturated carbocycles. The number of hydrogen-bond acceptors (Lipinski definition) is 4. The summed E-state index contributed by atoms with van der Waals surface area (Å²) in [4.78, 5) is 0. The predicted octanol–water partition coefficient (Wildman–Crippen LogP) is 2.27. The fraction of sp³-hybridized carbons (Fsp3) is 0.294. The van der Waals surface area contributed by atoms with Crippen LogP contribution in [0.3, 0.4) is 0 Å². The molecule has 0 fully saturated rings. The molecule has 0 radical (unpaired) electrons. The Labute approximate surface area is 125 Å². The van der Waals surface area contributed by atoms with E-state index in [-0.39, 0.29) is 6.61 Å². The minimum Gasteiger partial charge on any atom is -0.496 e. The molecule has 112 valence electrons. The van der Waals surface area contributed by atoms with Crippen LogP contribution in [0, 0.1) is 0 Å². The van der Waals surface area contributed by atoms with E-state index in [1.165, 1.54) is 0 Å². The zero-order valence-corrected chi connectivity index (χ0v) is 12.2. The van der Waals surface area contributed by atoms with Gasteiger partial charge in [0.25, 0.3) is 0 Å². The fourth-order valence-electron chi connectivity index (χ4n) is 2.21. The van der Waals surface area contributed by atoms with Crippen LogP contribution in [0.4, 0.5) is 0 Å². The lowest BCUT2D eigenvalue weighted by Crippen LogP contribution is -2.04. The number of aliphatic hydroxyl groups is 1. The lowest BCUT2D eigenvalue weighted by Gasteiger charge is -2.12. The van der Waals surface area contributed by atoms with Gasteiger partial charge in [0.15, 0.2) is 0 Å². The van der Waals surface area contributed by atoms with Gasteiger partial charge in [-0.3, -0.25) is 0 Å². The largest absolute Gasteiger partial charge is 0.496 e. The van der Waals surface area contributed by atoms with Gasteiger partial charge in [0, 0.05) is 18.7 Å². The van der Waals surface area contributed by atoms with Crippen LogP contribution in [0.1, 0.15) is 16.7 Å². The summed E-state index contributed by atoms with van der Waals surface area (Å²) < 4.78 is 11.1. The molecule has 0 saturated heterocycles. The molecule has 0 aliphatic rings. The van der Waals surface area contributed by atoms with Gasteiger partial charge in [0.2, 0.25) is 0 Å². The maximum absolute atomic E-state index is 9.07. The van der Waals surface area contributed by atoms with Crippen LogP contribution in [-0.4, -0.2) is 18.8 Å². The van der Waals surface area contributed by atoms with Crippen LogP contribution in [0.5, 0.6) is 11.5 Å². The Bertz CT molecular complexity index is 584. The fourth-order valence-corrected chi connectivity index (χ4v) is 2.21. The molecular formula is C17H21NO3. The minimum atomic E-state index is 0.111. The molecule has 21 heavy (non-hydrogen) atoms. The van der Waals surface area contributed by atoms with Crippen molar-refractivity contribution in [1.29, 1.82) is 0 Å². The van der Waals surface area contributed by atoms with E-state index in [9.17, 15) is 0 Å². The van der Waals surface area contributed by atoms with Crippen molar-refractivity contribution >= 4 is 0 Å². The monoisotopic (exact) mass is 287 g/mol. The molecule has 2 aromatic rings. The van der Waals surface area contributed by atoms with E-state index < -0.39 is 0 Å². The van der Waals surface area contributed by atoms with Gasteiger partial charge in [-0.05, 0) is 35.7 Å². The third kappa shape index (κ3) is 3.97. The van der Waals surface area contributed by atoms with Gasteiger partial charge in [0.1, 0.15) is 18.1 Å². The lowest BCUT2D eigenvalue weighted by molar-refractivity contribution is 0.284. The first-order valence-corrected chi connectivity index (χ1v) is 6.96. The SMILES string of the molecule is COc1ccc(COc2ccccc2CCO)cc1CN. The average molecular weight is 287 g/mol. The molecule has 0 atom stereocenters. The Hall–Kier alpha value is -2.04. The van der Waals surface area contributed by atoms with Gasteiger partial charge in [-0.1, -0.05) is 24.3 Å². The molecule has 0 amide bonds. The molecule has 0 heterocycles. The normalized spacial score (nSPS) is 10.4. The second kappa shape index (κ2) is 7.67. The van der Waals surface area contributed by atoms with E-state index in [1.54, 1.807) is 7.11 Å². The third-order valence-corrected chi connectivity index (χ3v) is 3.31. The first-order valence-electron chi connectivity index (χ1n) is 6.96. The Balaban J connectivity index is 2.09. The summed E-state index contributed by atoms with van der Waals surface area (Å²) in [5, 5.41) is 9.07. The highest BCUT2D eigenvalue weighted by atomic mass is 16.5. The van der Waals surface area contributed by atoms with Crippen LogP contribution in [0.2, 0.25) is 0 Å². The van der Waals surface area contributed by atoms with E-state index >= 15 is 0 Å². The number of nitrogens with two attached hydrogens (primary N) is 1. The molecule has 0 spiro atoms.